The van der Waals surface area contributed by atoms with Gasteiger partial charge in [0.05, 0.1) is 23.8 Å². The van der Waals surface area contributed by atoms with Crippen molar-refractivity contribution in [3.63, 3.8) is 0 Å². The van der Waals surface area contributed by atoms with E-state index in [0.29, 0.717) is 17.8 Å². The second kappa shape index (κ2) is 9.79. The minimum atomic E-state index is -0.438. The van der Waals surface area contributed by atoms with Crippen LogP contribution in [0.25, 0.3) is 11.2 Å². The molecule has 178 valence electrons. The van der Waals surface area contributed by atoms with Crippen molar-refractivity contribution in [1.29, 1.82) is 0 Å². The number of amides is 1. The molecular weight excluding hydrogens is 432 g/mol. The molecule has 2 aromatic heterocycles. The highest BCUT2D eigenvalue weighted by atomic mass is 16.5. The van der Waals surface area contributed by atoms with Crippen LogP contribution in [0.2, 0.25) is 0 Å². The Morgan fingerprint density at radius 1 is 1.12 bits per heavy atom. The van der Waals surface area contributed by atoms with Crippen LogP contribution in [0.1, 0.15) is 55.2 Å². The number of aryl methyl sites for hydroxylation is 2. The molecule has 2 aliphatic rings. The number of nitrogens with one attached hydrogen (secondary N) is 1. The zero-order valence-corrected chi connectivity index (χ0v) is 19.5. The van der Waals surface area contributed by atoms with E-state index in [9.17, 15) is 9.59 Å². The van der Waals surface area contributed by atoms with Crippen molar-refractivity contribution in [1.82, 2.24) is 19.5 Å². The van der Waals surface area contributed by atoms with Gasteiger partial charge < -0.3 is 19.5 Å². The molecule has 5 rings (SSSR count). The smallest absolute Gasteiger partial charge is 0.340 e. The average molecular weight is 463 g/mol. The van der Waals surface area contributed by atoms with Gasteiger partial charge in [0.1, 0.15) is 12.2 Å². The molecule has 0 radical (unpaired) electrons. The molecule has 1 saturated heterocycles. The summed E-state index contributed by atoms with van der Waals surface area (Å²) in [6.07, 6.45) is 7.71. The second-order valence-electron chi connectivity index (χ2n) is 8.90. The number of para-hydroxylation sites is 1. The molecular formula is C25H30N6O3. The number of benzene rings is 1. The summed E-state index contributed by atoms with van der Waals surface area (Å²) in [5, 5.41) is 2.96. The maximum atomic E-state index is 13.2. The Balaban J connectivity index is 1.36. The fourth-order valence-corrected chi connectivity index (χ4v) is 4.95. The van der Waals surface area contributed by atoms with E-state index in [1.807, 2.05) is 0 Å². The molecule has 9 nitrogen and oxygen atoms in total. The number of rotatable bonds is 5. The highest BCUT2D eigenvalue weighted by Gasteiger charge is 2.29. The lowest BCUT2D eigenvalue weighted by atomic mass is 9.96. The molecule has 0 spiro atoms. The van der Waals surface area contributed by atoms with E-state index in [2.05, 4.69) is 24.8 Å². The number of esters is 1. The lowest BCUT2D eigenvalue weighted by Gasteiger charge is -2.32. The number of fused-ring (bicyclic) bond motifs is 3. The summed E-state index contributed by atoms with van der Waals surface area (Å²) in [4.78, 5) is 41.7. The molecule has 1 unspecified atom stereocenters. The van der Waals surface area contributed by atoms with Crippen molar-refractivity contribution in [3.8, 4) is 0 Å². The lowest BCUT2D eigenvalue weighted by molar-refractivity contribution is -0.120. The van der Waals surface area contributed by atoms with E-state index >= 15 is 0 Å². The monoisotopic (exact) mass is 462 g/mol. The molecule has 0 aliphatic carbocycles. The molecule has 0 saturated carbocycles. The van der Waals surface area contributed by atoms with Crippen LogP contribution < -0.4 is 10.2 Å². The van der Waals surface area contributed by atoms with Gasteiger partial charge in [0.2, 0.25) is 5.91 Å². The van der Waals surface area contributed by atoms with Gasteiger partial charge in [-0.25, -0.2) is 19.7 Å². The first kappa shape index (κ1) is 22.3. The van der Waals surface area contributed by atoms with Gasteiger partial charge in [-0.05, 0) is 44.7 Å². The topological polar surface area (TPSA) is 102 Å². The zero-order valence-electron chi connectivity index (χ0n) is 19.5. The Morgan fingerprint density at radius 3 is 2.88 bits per heavy atom. The van der Waals surface area contributed by atoms with Gasteiger partial charge in [0.15, 0.2) is 17.0 Å². The number of ether oxygens (including phenoxy) is 1. The number of nitrogens with zero attached hydrogens (tertiary/aromatic N) is 5. The first-order valence-electron chi connectivity index (χ1n) is 12.2. The van der Waals surface area contributed by atoms with Crippen LogP contribution in [0.4, 0.5) is 11.5 Å². The van der Waals surface area contributed by atoms with Gasteiger partial charge in [0.25, 0.3) is 0 Å². The number of carbonyl (C=O) groups excluding carboxylic acids is 2. The van der Waals surface area contributed by atoms with E-state index < -0.39 is 5.97 Å². The molecule has 4 heterocycles. The van der Waals surface area contributed by atoms with Gasteiger partial charge >= 0.3 is 5.97 Å². The summed E-state index contributed by atoms with van der Waals surface area (Å²) in [6, 6.07) is 6.96. The number of hydrogen-bond donors (Lipinski definition) is 1. The van der Waals surface area contributed by atoms with Crippen molar-refractivity contribution < 1.29 is 14.3 Å². The predicted molar refractivity (Wildman–Crippen MR) is 129 cm³/mol. The summed E-state index contributed by atoms with van der Waals surface area (Å²) in [5.74, 6) is 1.11. The Kier molecular flexibility index (Phi) is 6.42. The summed E-state index contributed by atoms with van der Waals surface area (Å²) in [6.45, 7) is 4.34. The van der Waals surface area contributed by atoms with Gasteiger partial charge in [-0.1, -0.05) is 18.6 Å². The number of aromatic nitrogens is 4. The summed E-state index contributed by atoms with van der Waals surface area (Å²) >= 11 is 0. The quantitative estimate of drug-likeness (QED) is 0.578. The van der Waals surface area contributed by atoms with Crippen LogP contribution in [0.3, 0.4) is 0 Å². The van der Waals surface area contributed by atoms with E-state index in [4.69, 9.17) is 9.72 Å². The minimum absolute atomic E-state index is 0.104. The van der Waals surface area contributed by atoms with Gasteiger partial charge in [-0.2, -0.15) is 0 Å². The van der Waals surface area contributed by atoms with Crippen LogP contribution in [0.5, 0.6) is 0 Å². The van der Waals surface area contributed by atoms with Crippen LogP contribution >= 0.6 is 0 Å². The first-order valence-corrected chi connectivity index (χ1v) is 12.2. The minimum Gasteiger partial charge on any atom is -0.462 e. The van der Waals surface area contributed by atoms with Crippen molar-refractivity contribution in [2.45, 2.75) is 52.0 Å². The maximum Gasteiger partial charge on any atom is 0.340 e. The Morgan fingerprint density at radius 2 is 2.00 bits per heavy atom. The van der Waals surface area contributed by atoms with Gasteiger partial charge in [-0.3, -0.25) is 4.79 Å². The second-order valence-corrected chi connectivity index (χ2v) is 8.90. The number of piperidine rings is 1. The molecule has 2 aliphatic heterocycles. The Hall–Kier alpha value is -3.49. The first-order chi connectivity index (χ1) is 16.7. The standard InChI is InChI=1S/C25H30N6O3/c1-2-34-25(33)18-10-5-6-11-19(18)28-24(32)17-9-8-13-30(15-17)22-21-23(27-16-26-22)31-14-7-3-4-12-20(31)29-21/h5-6,10-11,16-17H,2-4,7-9,12-15H2,1H3,(H,28,32). The van der Waals surface area contributed by atoms with Crippen molar-refractivity contribution >= 4 is 34.5 Å². The largest absolute Gasteiger partial charge is 0.462 e. The van der Waals surface area contributed by atoms with Gasteiger partial charge in [0, 0.05) is 26.1 Å². The summed E-state index contributed by atoms with van der Waals surface area (Å²) < 4.78 is 7.36. The summed E-state index contributed by atoms with van der Waals surface area (Å²) in [5.41, 5.74) is 2.55. The van der Waals surface area contributed by atoms with Crippen LogP contribution in [-0.2, 0) is 22.5 Å². The van der Waals surface area contributed by atoms with Crippen LogP contribution in [0.15, 0.2) is 30.6 Å². The third kappa shape index (κ3) is 4.34. The maximum absolute atomic E-state index is 13.2. The van der Waals surface area contributed by atoms with E-state index in [1.165, 1.54) is 6.42 Å². The molecule has 1 amide bonds. The molecule has 1 aromatic carbocycles. The third-order valence-corrected chi connectivity index (χ3v) is 6.65. The van der Waals surface area contributed by atoms with Crippen molar-refractivity contribution in [3.05, 3.63) is 42.0 Å². The normalized spacial score (nSPS) is 18.3. The predicted octanol–water partition coefficient (Wildman–Crippen LogP) is 3.58. The summed E-state index contributed by atoms with van der Waals surface area (Å²) in [7, 11) is 0. The van der Waals surface area contributed by atoms with Crippen LogP contribution in [0, 0.1) is 5.92 Å². The van der Waals surface area contributed by atoms with E-state index in [-0.39, 0.29) is 18.4 Å². The number of imidazole rings is 1. The fraction of sp³-hybridized carbons (Fsp3) is 0.480. The Labute approximate surface area is 198 Å². The van der Waals surface area contributed by atoms with Crippen LogP contribution in [-0.4, -0.2) is 51.1 Å². The van der Waals surface area contributed by atoms with E-state index in [0.717, 1.165) is 68.0 Å². The number of anilines is 2. The van der Waals surface area contributed by atoms with Gasteiger partial charge in [-0.15, -0.1) is 0 Å². The zero-order chi connectivity index (χ0) is 23.5. The third-order valence-electron chi connectivity index (χ3n) is 6.65. The molecule has 3 aromatic rings. The molecule has 1 atom stereocenters. The molecule has 34 heavy (non-hydrogen) atoms. The Bertz CT molecular complexity index is 1210. The highest BCUT2D eigenvalue weighted by Crippen LogP contribution is 2.30. The van der Waals surface area contributed by atoms with E-state index in [1.54, 1.807) is 37.5 Å². The SMILES string of the molecule is CCOC(=O)c1ccccc1NC(=O)C1CCCN(c2ncnc3c2nc2n3CCCCC2)C1. The number of hydrogen-bond acceptors (Lipinski definition) is 7. The van der Waals surface area contributed by atoms with Crippen molar-refractivity contribution in [2.75, 3.05) is 29.9 Å². The fourth-order valence-electron chi connectivity index (χ4n) is 4.95. The lowest BCUT2D eigenvalue weighted by Crippen LogP contribution is -2.41. The molecule has 9 heteroatoms. The molecule has 0 bridgehead atoms. The van der Waals surface area contributed by atoms with Crippen molar-refractivity contribution in [2.24, 2.45) is 5.92 Å². The molecule has 1 fully saturated rings. The average Bonchev–Trinajstić information content (AvgIpc) is 3.05. The molecule has 1 N–H and O–H groups in total. The number of carbonyl (C=O) groups is 2. The highest BCUT2D eigenvalue weighted by molar-refractivity contribution is 6.02.